The summed E-state index contributed by atoms with van der Waals surface area (Å²) >= 11 is 6.43. The number of benzene rings is 2. The highest BCUT2D eigenvalue weighted by Crippen LogP contribution is 2.40. The Morgan fingerprint density at radius 2 is 1.73 bits per heavy atom. The van der Waals surface area contributed by atoms with Gasteiger partial charge in [0.15, 0.2) is 15.8 Å². The molecule has 5 nitrogen and oxygen atoms in total. The molecule has 134 valence electrons. The predicted molar refractivity (Wildman–Crippen MR) is 103 cm³/mol. The zero-order valence-electron chi connectivity index (χ0n) is 13.9. The summed E-state index contributed by atoms with van der Waals surface area (Å²) in [6, 6.07) is 8.70. The van der Waals surface area contributed by atoms with Crippen molar-refractivity contribution in [3.05, 3.63) is 52.7 Å². The molecule has 0 aromatic heterocycles. The third kappa shape index (κ3) is 3.38. The second-order valence-corrected chi connectivity index (χ2v) is 6.94. The van der Waals surface area contributed by atoms with Gasteiger partial charge in [0.05, 0.1) is 24.8 Å². The molecule has 3 rings (SSSR count). The minimum atomic E-state index is -0.391. The number of ether oxygens (including phenoxy) is 2. The number of anilines is 1. The van der Waals surface area contributed by atoms with Gasteiger partial charge in [-0.15, -0.1) is 0 Å². The number of thiocarbonyl (C=S) groups is 1. The number of thioether (sulfide) groups is 1. The van der Waals surface area contributed by atoms with Gasteiger partial charge >= 0.3 is 0 Å². The molecule has 26 heavy (non-hydrogen) atoms. The van der Waals surface area contributed by atoms with E-state index in [-0.39, 0.29) is 23.2 Å². The molecule has 0 spiro atoms. The van der Waals surface area contributed by atoms with E-state index in [9.17, 15) is 14.3 Å². The van der Waals surface area contributed by atoms with Crippen LogP contribution in [0.4, 0.5) is 10.1 Å². The molecule has 2 aromatic carbocycles. The van der Waals surface area contributed by atoms with Gasteiger partial charge in [-0.1, -0.05) is 24.0 Å². The molecule has 0 unspecified atom stereocenters. The van der Waals surface area contributed by atoms with Crippen LogP contribution in [0.3, 0.4) is 0 Å². The first-order valence-electron chi connectivity index (χ1n) is 7.43. The monoisotopic (exact) mass is 391 g/mol. The van der Waals surface area contributed by atoms with Crippen LogP contribution < -0.4 is 14.4 Å². The van der Waals surface area contributed by atoms with E-state index in [1.165, 1.54) is 43.4 Å². The predicted octanol–water partition coefficient (Wildman–Crippen LogP) is 3.95. The van der Waals surface area contributed by atoms with E-state index < -0.39 is 5.82 Å². The van der Waals surface area contributed by atoms with Gasteiger partial charge < -0.3 is 14.6 Å². The van der Waals surface area contributed by atoms with Gasteiger partial charge in [0.25, 0.3) is 5.91 Å². The van der Waals surface area contributed by atoms with E-state index in [0.717, 1.165) is 11.8 Å². The Kier molecular flexibility index (Phi) is 5.15. The van der Waals surface area contributed by atoms with Crippen LogP contribution in [0.1, 0.15) is 5.56 Å². The lowest BCUT2D eigenvalue weighted by molar-refractivity contribution is -0.113. The second kappa shape index (κ2) is 7.35. The van der Waals surface area contributed by atoms with Crippen molar-refractivity contribution < 1.29 is 23.8 Å². The molecule has 0 aliphatic carbocycles. The van der Waals surface area contributed by atoms with Gasteiger partial charge in [-0.3, -0.25) is 9.69 Å². The van der Waals surface area contributed by atoms with E-state index in [4.69, 9.17) is 21.7 Å². The molecule has 1 amide bonds. The average molecular weight is 391 g/mol. The van der Waals surface area contributed by atoms with Crippen molar-refractivity contribution in [1.29, 1.82) is 0 Å². The number of halogens is 1. The Morgan fingerprint density at radius 1 is 1.15 bits per heavy atom. The van der Waals surface area contributed by atoms with Crippen LogP contribution in [0.2, 0.25) is 0 Å². The summed E-state index contributed by atoms with van der Waals surface area (Å²) in [5, 5.41) is 9.98. The van der Waals surface area contributed by atoms with Crippen LogP contribution in [0.25, 0.3) is 6.08 Å². The molecule has 2 aromatic rings. The Morgan fingerprint density at radius 3 is 2.27 bits per heavy atom. The minimum absolute atomic E-state index is 0.119. The summed E-state index contributed by atoms with van der Waals surface area (Å²) in [4.78, 5) is 14.5. The Labute approximate surface area is 159 Å². The van der Waals surface area contributed by atoms with Crippen LogP contribution in [-0.2, 0) is 4.79 Å². The molecule has 0 atom stereocenters. The molecule has 1 aliphatic rings. The Hall–Kier alpha value is -2.58. The molecule has 0 saturated carbocycles. The molecule has 0 radical (unpaired) electrons. The molecule has 8 heteroatoms. The summed E-state index contributed by atoms with van der Waals surface area (Å²) < 4.78 is 23.7. The zero-order chi connectivity index (χ0) is 18.8. The number of methoxy groups -OCH3 is 2. The lowest BCUT2D eigenvalue weighted by Gasteiger charge is -2.14. The van der Waals surface area contributed by atoms with Crippen LogP contribution >= 0.6 is 24.0 Å². The second-order valence-electron chi connectivity index (χ2n) is 5.27. The third-order valence-electron chi connectivity index (χ3n) is 3.68. The number of amides is 1. The molecular formula is C18H14FNO4S2. The molecule has 0 bridgehead atoms. The topological polar surface area (TPSA) is 59.0 Å². The van der Waals surface area contributed by atoms with Gasteiger partial charge in [-0.2, -0.15) is 0 Å². The van der Waals surface area contributed by atoms with Gasteiger partial charge in [-0.25, -0.2) is 4.39 Å². The third-order valence-corrected chi connectivity index (χ3v) is 4.98. The maximum absolute atomic E-state index is 13.1. The van der Waals surface area contributed by atoms with Crippen LogP contribution in [0, 0.1) is 5.82 Å². The molecule has 1 saturated heterocycles. The molecular weight excluding hydrogens is 377 g/mol. The SMILES string of the molecule is COc1cc(/C=C2\SC(=S)N(c3ccc(F)cc3)C2=O)cc(OC)c1O. The number of carbonyl (C=O) groups excluding carboxylic acids is 1. The maximum atomic E-state index is 13.1. The fourth-order valence-corrected chi connectivity index (χ4v) is 3.73. The van der Waals surface area contributed by atoms with Gasteiger partial charge in [0.2, 0.25) is 5.75 Å². The lowest BCUT2D eigenvalue weighted by atomic mass is 10.1. The fourth-order valence-electron chi connectivity index (χ4n) is 2.43. The van der Waals surface area contributed by atoms with E-state index in [1.54, 1.807) is 18.2 Å². The number of phenolic OH excluding ortho intramolecular Hbond substituents is 1. The first-order valence-corrected chi connectivity index (χ1v) is 8.65. The summed E-state index contributed by atoms with van der Waals surface area (Å²) in [6.45, 7) is 0. The Balaban J connectivity index is 1.97. The molecule has 1 fully saturated rings. The fraction of sp³-hybridized carbons (Fsp3) is 0.111. The van der Waals surface area contributed by atoms with Crippen molar-refractivity contribution in [2.24, 2.45) is 0 Å². The molecule has 1 aliphatic heterocycles. The van der Waals surface area contributed by atoms with Crippen molar-refractivity contribution >= 4 is 46.0 Å². The van der Waals surface area contributed by atoms with Crippen molar-refractivity contribution in [1.82, 2.24) is 0 Å². The average Bonchev–Trinajstić information content (AvgIpc) is 2.90. The summed E-state index contributed by atoms with van der Waals surface area (Å²) in [5.74, 6) is -0.365. The molecule has 1 N–H and O–H groups in total. The number of phenols is 1. The largest absolute Gasteiger partial charge is 0.502 e. The molecule has 1 heterocycles. The number of aromatic hydroxyl groups is 1. The van der Waals surface area contributed by atoms with Crippen molar-refractivity contribution in [2.45, 2.75) is 0 Å². The van der Waals surface area contributed by atoms with Gasteiger partial charge in [0.1, 0.15) is 5.82 Å². The highest BCUT2D eigenvalue weighted by atomic mass is 32.2. The highest BCUT2D eigenvalue weighted by Gasteiger charge is 2.33. The van der Waals surface area contributed by atoms with E-state index in [2.05, 4.69) is 0 Å². The summed E-state index contributed by atoms with van der Waals surface area (Å²) in [7, 11) is 2.85. The van der Waals surface area contributed by atoms with Gasteiger partial charge in [-0.05, 0) is 48.0 Å². The van der Waals surface area contributed by atoms with Crippen LogP contribution in [0.5, 0.6) is 17.2 Å². The standard InChI is InChI=1S/C18H14FNO4S2/c1-23-13-7-10(8-14(24-2)16(13)21)9-15-17(22)20(18(25)26-15)12-5-3-11(19)4-6-12/h3-9,21H,1-2H3/b15-9-. The minimum Gasteiger partial charge on any atom is -0.502 e. The summed E-state index contributed by atoms with van der Waals surface area (Å²) in [5.41, 5.74) is 1.11. The number of nitrogens with zero attached hydrogens (tertiary/aromatic N) is 1. The number of carbonyl (C=O) groups is 1. The van der Waals surface area contributed by atoms with Crippen molar-refractivity contribution in [2.75, 3.05) is 19.1 Å². The highest BCUT2D eigenvalue weighted by molar-refractivity contribution is 8.27. The van der Waals surface area contributed by atoms with E-state index >= 15 is 0 Å². The van der Waals surface area contributed by atoms with Crippen molar-refractivity contribution in [3.8, 4) is 17.2 Å². The normalized spacial score (nSPS) is 15.7. The Bertz CT molecular complexity index is 887. The number of hydrogen-bond acceptors (Lipinski definition) is 6. The van der Waals surface area contributed by atoms with Gasteiger partial charge in [0, 0.05) is 0 Å². The van der Waals surface area contributed by atoms with Crippen LogP contribution in [0.15, 0.2) is 41.3 Å². The van der Waals surface area contributed by atoms with E-state index in [0.29, 0.717) is 20.5 Å². The zero-order valence-corrected chi connectivity index (χ0v) is 15.5. The first kappa shape index (κ1) is 18.2. The number of rotatable bonds is 4. The first-order chi connectivity index (χ1) is 12.4. The summed E-state index contributed by atoms with van der Waals surface area (Å²) in [6.07, 6.45) is 1.63. The number of hydrogen-bond donors (Lipinski definition) is 1. The smallest absolute Gasteiger partial charge is 0.270 e. The van der Waals surface area contributed by atoms with Crippen LogP contribution in [-0.4, -0.2) is 29.6 Å². The maximum Gasteiger partial charge on any atom is 0.270 e. The van der Waals surface area contributed by atoms with Crippen molar-refractivity contribution in [3.63, 3.8) is 0 Å². The van der Waals surface area contributed by atoms with E-state index in [1.807, 2.05) is 0 Å². The lowest BCUT2D eigenvalue weighted by Crippen LogP contribution is -2.27. The quantitative estimate of drug-likeness (QED) is 0.629.